The summed E-state index contributed by atoms with van der Waals surface area (Å²) >= 11 is 0. The third-order valence-corrected chi connectivity index (χ3v) is 3.13. The van der Waals surface area contributed by atoms with Crippen LogP contribution in [0.15, 0.2) is 18.3 Å². The van der Waals surface area contributed by atoms with E-state index in [1.807, 2.05) is 0 Å². The van der Waals surface area contributed by atoms with Crippen molar-refractivity contribution in [3.63, 3.8) is 0 Å². The Balaban J connectivity index is 1.76. The molecule has 19 heavy (non-hydrogen) atoms. The van der Waals surface area contributed by atoms with Crippen molar-refractivity contribution in [2.45, 2.75) is 6.18 Å². The maximum absolute atomic E-state index is 12.4. The number of hydrogen-bond acceptors (Lipinski definition) is 2. The summed E-state index contributed by atoms with van der Waals surface area (Å²) in [7, 11) is 0. The average Bonchev–Trinajstić information content (AvgIpc) is 2.39. The minimum absolute atomic E-state index is 0.598. The van der Waals surface area contributed by atoms with Gasteiger partial charge in [-0.25, -0.2) is 4.98 Å². The van der Waals surface area contributed by atoms with Crippen molar-refractivity contribution in [2.75, 3.05) is 44.7 Å². The molecule has 0 aliphatic carbocycles. The predicted octanol–water partition coefficient (Wildman–Crippen LogP) is -0.154. The number of pyridine rings is 1. The minimum Gasteiger partial charge on any atom is -0.370 e. The molecule has 0 bridgehead atoms. The van der Waals surface area contributed by atoms with Gasteiger partial charge in [-0.1, -0.05) is 0 Å². The Hall–Kier alpha value is -1.34. The van der Waals surface area contributed by atoms with Crippen molar-refractivity contribution >= 4 is 5.82 Å². The normalized spacial score (nSPS) is 17.4. The molecule has 0 atom stereocenters. The summed E-state index contributed by atoms with van der Waals surface area (Å²) in [6.07, 6.45) is -3.32. The van der Waals surface area contributed by atoms with Crippen molar-refractivity contribution < 1.29 is 27.8 Å². The highest BCUT2D eigenvalue weighted by atomic mass is 19.4. The molecule has 106 valence electrons. The second-order valence-corrected chi connectivity index (χ2v) is 4.53. The van der Waals surface area contributed by atoms with E-state index in [-0.39, 0.29) is 0 Å². The van der Waals surface area contributed by atoms with Crippen LogP contribution in [0.3, 0.4) is 0 Å². The van der Waals surface area contributed by atoms with E-state index in [0.29, 0.717) is 5.82 Å². The summed E-state index contributed by atoms with van der Waals surface area (Å²) < 4.78 is 42.3. The van der Waals surface area contributed by atoms with E-state index in [1.165, 1.54) is 11.0 Å². The van der Waals surface area contributed by atoms with E-state index in [1.54, 1.807) is 0 Å². The van der Waals surface area contributed by atoms with Gasteiger partial charge in [0.1, 0.15) is 32.4 Å². The number of morpholine rings is 1. The highest BCUT2D eigenvalue weighted by molar-refractivity contribution is 5.29. The number of aromatic nitrogens is 1. The monoisotopic (exact) mass is 277 g/mol. The Kier molecular flexibility index (Phi) is 4.60. The van der Waals surface area contributed by atoms with Crippen LogP contribution in [0.4, 0.5) is 19.0 Å². The lowest BCUT2D eigenvalue weighted by Gasteiger charge is -2.22. The van der Waals surface area contributed by atoms with Crippen molar-refractivity contribution in [1.29, 1.82) is 0 Å². The van der Waals surface area contributed by atoms with Gasteiger partial charge in [-0.05, 0) is 6.07 Å². The summed E-state index contributed by atoms with van der Waals surface area (Å²) in [5.74, 6) is 0.598. The Labute approximate surface area is 109 Å². The molecule has 1 aliphatic rings. The second kappa shape index (κ2) is 6.21. The molecule has 2 rings (SSSR count). The van der Waals surface area contributed by atoms with Crippen molar-refractivity contribution in [3.8, 4) is 0 Å². The first-order chi connectivity index (χ1) is 9.05. The number of alkyl halides is 3. The van der Waals surface area contributed by atoms with E-state index in [2.05, 4.69) is 10.3 Å². The van der Waals surface area contributed by atoms with Crippen LogP contribution in [0.5, 0.6) is 0 Å². The van der Waals surface area contributed by atoms with E-state index in [9.17, 15) is 13.2 Å². The average molecular weight is 277 g/mol. The van der Waals surface area contributed by atoms with E-state index in [4.69, 9.17) is 4.74 Å². The fourth-order valence-corrected chi connectivity index (χ4v) is 2.00. The van der Waals surface area contributed by atoms with Gasteiger partial charge < -0.3 is 9.64 Å². The zero-order valence-corrected chi connectivity index (χ0v) is 10.5. The Morgan fingerprint density at radius 1 is 1.26 bits per heavy atom. The smallest absolute Gasteiger partial charge is 0.370 e. The molecular weight excluding hydrogens is 259 g/mol. The van der Waals surface area contributed by atoms with E-state index < -0.39 is 11.7 Å². The molecule has 7 heteroatoms. The number of H-pyrrole nitrogens is 1. The van der Waals surface area contributed by atoms with Gasteiger partial charge >= 0.3 is 6.18 Å². The number of halogens is 3. The summed E-state index contributed by atoms with van der Waals surface area (Å²) in [4.78, 5) is 4.07. The lowest BCUT2D eigenvalue weighted by Crippen LogP contribution is -3.14. The predicted molar refractivity (Wildman–Crippen MR) is 62.9 cm³/mol. The van der Waals surface area contributed by atoms with Gasteiger partial charge in [0.25, 0.3) is 5.82 Å². The number of ether oxygens (including phenoxy) is 1. The standard InChI is InChI=1S/C12H16F3N3O/c13-12(14,15)10-1-2-11(17-9-10)16-3-4-18-5-7-19-8-6-18/h1-2,9H,3-8H2,(H,16,17)/p+2. The topological polar surface area (TPSA) is 39.8 Å². The number of hydrogen-bond donors (Lipinski definition) is 2. The number of nitrogens with one attached hydrogen (secondary N) is 3. The molecule has 3 N–H and O–H groups in total. The highest BCUT2D eigenvalue weighted by Crippen LogP contribution is 2.27. The van der Waals surface area contributed by atoms with Gasteiger partial charge in [0.2, 0.25) is 0 Å². The summed E-state index contributed by atoms with van der Waals surface area (Å²) in [5.41, 5.74) is -0.670. The number of anilines is 1. The molecule has 0 unspecified atom stereocenters. The van der Waals surface area contributed by atoms with Crippen molar-refractivity contribution in [2.24, 2.45) is 0 Å². The zero-order valence-electron chi connectivity index (χ0n) is 10.5. The van der Waals surface area contributed by atoms with Crippen LogP contribution in [0.1, 0.15) is 5.56 Å². The summed E-state index contributed by atoms with van der Waals surface area (Å²) in [5, 5.41) is 3.09. The summed E-state index contributed by atoms with van der Waals surface area (Å²) in [6.45, 7) is 5.18. The first-order valence-corrected chi connectivity index (χ1v) is 6.30. The Morgan fingerprint density at radius 2 is 2.00 bits per heavy atom. The Morgan fingerprint density at radius 3 is 2.58 bits per heavy atom. The minimum atomic E-state index is -4.30. The number of rotatable bonds is 4. The first kappa shape index (κ1) is 14.1. The quantitative estimate of drug-likeness (QED) is 0.803. The molecule has 1 aliphatic heterocycles. The van der Waals surface area contributed by atoms with Crippen molar-refractivity contribution in [1.82, 2.24) is 0 Å². The van der Waals surface area contributed by atoms with Crippen LogP contribution in [0.25, 0.3) is 0 Å². The van der Waals surface area contributed by atoms with Gasteiger partial charge in [-0.2, -0.15) is 13.2 Å². The lowest BCUT2D eigenvalue weighted by molar-refractivity contribution is -0.906. The van der Waals surface area contributed by atoms with Crippen molar-refractivity contribution in [3.05, 3.63) is 23.9 Å². The molecule has 1 aromatic rings. The molecule has 0 saturated carbocycles. The fraction of sp³-hybridized carbons (Fsp3) is 0.583. The maximum atomic E-state index is 12.4. The molecule has 1 fully saturated rings. The largest absolute Gasteiger partial charge is 0.419 e. The highest BCUT2D eigenvalue weighted by Gasteiger charge is 2.31. The molecule has 0 amide bonds. The molecule has 1 aromatic heterocycles. The molecular formula is C12H18F3N3O+2. The third kappa shape index (κ3) is 4.36. The van der Waals surface area contributed by atoms with Crippen LogP contribution in [0.2, 0.25) is 0 Å². The van der Waals surface area contributed by atoms with Gasteiger partial charge in [-0.15, -0.1) is 0 Å². The SMILES string of the molecule is FC(F)(F)c1ccc(NCC[NH+]2CCOCC2)[nH+]c1. The van der Waals surface area contributed by atoms with Crippen LogP contribution in [-0.4, -0.2) is 39.4 Å². The summed E-state index contributed by atoms with van der Waals surface area (Å²) in [6, 6.07) is 2.48. The van der Waals surface area contributed by atoms with Crippen LogP contribution in [-0.2, 0) is 10.9 Å². The number of aromatic amines is 1. The molecule has 4 nitrogen and oxygen atoms in total. The zero-order chi connectivity index (χ0) is 13.7. The van der Waals surface area contributed by atoms with Crippen LogP contribution >= 0.6 is 0 Å². The molecule has 0 aromatic carbocycles. The third-order valence-electron chi connectivity index (χ3n) is 3.13. The fourth-order valence-electron chi connectivity index (χ4n) is 2.00. The van der Waals surface area contributed by atoms with Crippen LogP contribution < -0.4 is 15.2 Å². The molecule has 1 saturated heterocycles. The Bertz CT molecular complexity index is 388. The van der Waals surface area contributed by atoms with E-state index >= 15 is 0 Å². The van der Waals surface area contributed by atoms with Gasteiger partial charge in [0.15, 0.2) is 0 Å². The second-order valence-electron chi connectivity index (χ2n) is 4.53. The van der Waals surface area contributed by atoms with E-state index in [0.717, 1.165) is 51.7 Å². The molecule has 0 radical (unpaired) electrons. The molecule has 0 spiro atoms. The molecule has 2 heterocycles. The van der Waals surface area contributed by atoms with Crippen LogP contribution in [0, 0.1) is 0 Å². The number of quaternary nitrogens is 1. The maximum Gasteiger partial charge on any atom is 0.419 e. The van der Waals surface area contributed by atoms with Gasteiger partial charge in [0.05, 0.1) is 18.8 Å². The first-order valence-electron chi connectivity index (χ1n) is 6.30. The van der Waals surface area contributed by atoms with Gasteiger partial charge in [0, 0.05) is 6.07 Å². The lowest BCUT2D eigenvalue weighted by atomic mass is 10.3. The van der Waals surface area contributed by atoms with Gasteiger partial charge in [-0.3, -0.25) is 5.32 Å².